The van der Waals surface area contributed by atoms with Crippen LogP contribution < -0.4 is 5.56 Å². The fourth-order valence-corrected chi connectivity index (χ4v) is 4.06. The first kappa shape index (κ1) is 13.9. The van der Waals surface area contributed by atoms with Gasteiger partial charge in [-0.1, -0.05) is 31.0 Å². The van der Waals surface area contributed by atoms with Gasteiger partial charge in [-0.15, -0.1) is 0 Å². The highest BCUT2D eigenvalue weighted by molar-refractivity contribution is 7.99. The summed E-state index contributed by atoms with van der Waals surface area (Å²) >= 11 is 7.00. The third-order valence-electron chi connectivity index (χ3n) is 3.90. The molecule has 20 heavy (non-hydrogen) atoms. The van der Waals surface area contributed by atoms with Crippen LogP contribution in [0.3, 0.4) is 0 Å². The number of nitrogens with zero attached hydrogens (tertiary/aromatic N) is 3. The summed E-state index contributed by atoms with van der Waals surface area (Å²) in [6, 6.07) is 0. The van der Waals surface area contributed by atoms with Crippen LogP contribution in [0.4, 0.5) is 0 Å². The molecule has 0 atom stereocenters. The Bertz CT molecular complexity index is 752. The van der Waals surface area contributed by atoms with Crippen LogP contribution >= 0.6 is 24.0 Å². The topological polar surface area (TPSA) is 55.6 Å². The fourth-order valence-electron chi connectivity index (χ4n) is 2.70. The van der Waals surface area contributed by atoms with E-state index in [0.717, 1.165) is 5.16 Å². The highest BCUT2D eigenvalue weighted by Crippen LogP contribution is 2.32. The molecular formula is C13H18N4OS2. The van der Waals surface area contributed by atoms with E-state index in [9.17, 15) is 4.79 Å². The molecule has 1 N–H and O–H groups in total. The Morgan fingerprint density at radius 3 is 2.65 bits per heavy atom. The quantitative estimate of drug-likeness (QED) is 0.867. The van der Waals surface area contributed by atoms with Gasteiger partial charge < -0.3 is 9.55 Å². The summed E-state index contributed by atoms with van der Waals surface area (Å²) in [6.45, 7) is 0. The molecule has 1 fully saturated rings. The second kappa shape index (κ2) is 5.37. The van der Waals surface area contributed by atoms with Crippen LogP contribution in [0.25, 0.3) is 11.2 Å². The Balaban J connectivity index is 2.02. The lowest BCUT2D eigenvalue weighted by Crippen LogP contribution is -2.21. The summed E-state index contributed by atoms with van der Waals surface area (Å²) in [4.78, 5) is 19.9. The Morgan fingerprint density at radius 2 is 1.95 bits per heavy atom. The van der Waals surface area contributed by atoms with E-state index in [-0.39, 0.29) is 5.56 Å². The van der Waals surface area contributed by atoms with Gasteiger partial charge in [0.1, 0.15) is 0 Å². The van der Waals surface area contributed by atoms with E-state index >= 15 is 0 Å². The monoisotopic (exact) mass is 310 g/mol. The van der Waals surface area contributed by atoms with Gasteiger partial charge in [0.15, 0.2) is 21.1 Å². The molecule has 1 aliphatic rings. The molecule has 0 unspecified atom stereocenters. The zero-order valence-corrected chi connectivity index (χ0v) is 13.3. The van der Waals surface area contributed by atoms with E-state index in [0.29, 0.717) is 21.2 Å². The number of H-pyrrole nitrogens is 1. The van der Waals surface area contributed by atoms with E-state index in [1.165, 1.54) is 36.7 Å². The van der Waals surface area contributed by atoms with Crippen molar-refractivity contribution >= 4 is 35.1 Å². The minimum absolute atomic E-state index is 0.105. The third-order valence-corrected chi connectivity index (χ3v) is 5.67. The molecule has 0 aliphatic heterocycles. The third kappa shape index (κ3) is 2.33. The van der Waals surface area contributed by atoms with Crippen LogP contribution in [0.5, 0.6) is 0 Å². The highest BCUT2D eigenvalue weighted by atomic mass is 32.2. The molecule has 2 aromatic heterocycles. The molecule has 108 valence electrons. The number of rotatable bonds is 2. The molecule has 5 nitrogen and oxygen atoms in total. The molecule has 1 saturated carbocycles. The van der Waals surface area contributed by atoms with Crippen molar-refractivity contribution in [3.63, 3.8) is 0 Å². The van der Waals surface area contributed by atoms with Gasteiger partial charge in [0, 0.05) is 19.3 Å². The van der Waals surface area contributed by atoms with Gasteiger partial charge in [-0.2, -0.15) is 0 Å². The van der Waals surface area contributed by atoms with Crippen LogP contribution in [-0.2, 0) is 14.1 Å². The van der Waals surface area contributed by atoms with Crippen LogP contribution in [0.2, 0.25) is 0 Å². The summed E-state index contributed by atoms with van der Waals surface area (Å²) in [5.74, 6) is 0. The number of nitrogens with one attached hydrogen (secondary N) is 1. The second-order valence-corrected chi connectivity index (χ2v) is 6.98. The van der Waals surface area contributed by atoms with Gasteiger partial charge in [-0.25, -0.2) is 4.98 Å². The zero-order valence-electron chi connectivity index (χ0n) is 11.7. The summed E-state index contributed by atoms with van der Waals surface area (Å²) < 4.78 is 3.75. The molecule has 2 heterocycles. The van der Waals surface area contributed by atoms with Crippen LogP contribution in [-0.4, -0.2) is 24.4 Å². The number of hydrogen-bond donors (Lipinski definition) is 1. The SMILES string of the molecule is Cn1c(=O)c2[nH]c(SC3CCCCC3)nc2n(C)c1=S. The Labute approximate surface area is 126 Å². The number of hydrogen-bond acceptors (Lipinski definition) is 4. The van der Waals surface area contributed by atoms with Gasteiger partial charge >= 0.3 is 0 Å². The lowest BCUT2D eigenvalue weighted by molar-refractivity contribution is 0.515. The average molecular weight is 310 g/mol. The van der Waals surface area contributed by atoms with Crippen LogP contribution in [0, 0.1) is 4.77 Å². The van der Waals surface area contributed by atoms with Crippen molar-refractivity contribution in [3.05, 3.63) is 15.1 Å². The van der Waals surface area contributed by atoms with Crippen LogP contribution in [0.15, 0.2) is 9.95 Å². The number of thioether (sulfide) groups is 1. The molecule has 0 radical (unpaired) electrons. The smallest absolute Gasteiger partial charge is 0.280 e. The molecule has 2 aromatic rings. The van der Waals surface area contributed by atoms with Crippen molar-refractivity contribution in [2.24, 2.45) is 14.1 Å². The number of fused-ring (bicyclic) bond motifs is 1. The van der Waals surface area contributed by atoms with E-state index in [4.69, 9.17) is 12.2 Å². The predicted octanol–water partition coefficient (Wildman–Crippen LogP) is 2.75. The summed E-state index contributed by atoms with van der Waals surface area (Å²) in [7, 11) is 3.54. The second-order valence-electron chi connectivity index (χ2n) is 5.32. The molecule has 7 heteroatoms. The van der Waals surface area contributed by atoms with Gasteiger partial charge in [0.2, 0.25) is 0 Å². The average Bonchev–Trinajstić information content (AvgIpc) is 2.88. The normalized spacial score (nSPS) is 16.9. The Hall–Kier alpha value is -1.08. The largest absolute Gasteiger partial charge is 0.327 e. The van der Waals surface area contributed by atoms with Crippen molar-refractivity contribution in [2.75, 3.05) is 0 Å². The van der Waals surface area contributed by atoms with E-state index in [1.807, 2.05) is 7.05 Å². The van der Waals surface area contributed by atoms with E-state index in [1.54, 1.807) is 23.4 Å². The van der Waals surface area contributed by atoms with Crippen molar-refractivity contribution in [1.29, 1.82) is 0 Å². The van der Waals surface area contributed by atoms with Gasteiger partial charge in [-0.05, 0) is 25.1 Å². The molecule has 3 rings (SSSR count). The first-order valence-electron chi connectivity index (χ1n) is 6.90. The fraction of sp³-hybridized carbons (Fsp3) is 0.615. The van der Waals surface area contributed by atoms with E-state index < -0.39 is 0 Å². The van der Waals surface area contributed by atoms with Crippen molar-refractivity contribution in [2.45, 2.75) is 42.5 Å². The number of aromatic amines is 1. The van der Waals surface area contributed by atoms with Crippen molar-refractivity contribution in [3.8, 4) is 0 Å². The summed E-state index contributed by atoms with van der Waals surface area (Å²) in [5, 5.41) is 1.45. The maximum absolute atomic E-state index is 12.2. The maximum Gasteiger partial charge on any atom is 0.280 e. The van der Waals surface area contributed by atoms with Gasteiger partial charge in [-0.3, -0.25) is 9.36 Å². The van der Waals surface area contributed by atoms with Crippen molar-refractivity contribution < 1.29 is 0 Å². The number of imidazole rings is 1. The molecule has 1 aliphatic carbocycles. The molecule has 0 spiro atoms. The summed E-state index contributed by atoms with van der Waals surface area (Å²) in [6.07, 6.45) is 6.40. The minimum Gasteiger partial charge on any atom is -0.327 e. The maximum atomic E-state index is 12.2. The Kier molecular flexibility index (Phi) is 3.72. The first-order chi connectivity index (χ1) is 9.58. The first-order valence-corrected chi connectivity index (χ1v) is 8.19. The predicted molar refractivity (Wildman–Crippen MR) is 83.9 cm³/mol. The standard InChI is InChI=1S/C13H18N4OS2/c1-16-10-9(11(18)17(2)13(16)19)14-12(15-10)20-8-6-4-3-5-7-8/h8H,3-7H2,1-2H3,(H,14,15). The molecule has 0 bridgehead atoms. The number of aryl methyl sites for hydroxylation is 1. The zero-order chi connectivity index (χ0) is 14.3. The van der Waals surface area contributed by atoms with E-state index in [2.05, 4.69) is 9.97 Å². The highest BCUT2D eigenvalue weighted by Gasteiger charge is 2.18. The summed E-state index contributed by atoms with van der Waals surface area (Å²) in [5.41, 5.74) is 1.09. The van der Waals surface area contributed by atoms with Crippen LogP contribution in [0.1, 0.15) is 32.1 Å². The van der Waals surface area contributed by atoms with Crippen molar-refractivity contribution in [1.82, 2.24) is 19.1 Å². The van der Waals surface area contributed by atoms with Gasteiger partial charge in [0.25, 0.3) is 5.56 Å². The lowest BCUT2D eigenvalue weighted by atomic mass is 10.0. The molecule has 0 aromatic carbocycles. The minimum atomic E-state index is -0.105. The molecular weight excluding hydrogens is 292 g/mol. The Morgan fingerprint density at radius 1 is 1.25 bits per heavy atom. The number of aromatic nitrogens is 4. The molecule has 0 saturated heterocycles. The lowest BCUT2D eigenvalue weighted by Gasteiger charge is -2.19. The van der Waals surface area contributed by atoms with Gasteiger partial charge in [0.05, 0.1) is 0 Å². The molecule has 0 amide bonds.